The van der Waals surface area contributed by atoms with Gasteiger partial charge in [-0.2, -0.15) is 0 Å². The minimum Gasteiger partial charge on any atom is -0.383 e. The van der Waals surface area contributed by atoms with E-state index in [2.05, 4.69) is 60.3 Å². The van der Waals surface area contributed by atoms with Crippen LogP contribution in [0, 0.1) is 5.92 Å². The topological polar surface area (TPSA) is 40.7 Å². The smallest absolute Gasteiger partial charge is 0.0924 e. The van der Waals surface area contributed by atoms with Crippen LogP contribution in [0.3, 0.4) is 0 Å². The lowest BCUT2D eigenvalue weighted by molar-refractivity contribution is 0.540. The Balaban J connectivity index is 2.00. The summed E-state index contributed by atoms with van der Waals surface area (Å²) in [6.45, 7) is 6.72. The van der Waals surface area contributed by atoms with E-state index in [1.807, 2.05) is 6.20 Å². The zero-order chi connectivity index (χ0) is 13.0. The molecule has 0 aliphatic rings. The molecule has 2 rings (SSSR count). The maximum Gasteiger partial charge on any atom is 0.0924 e. The van der Waals surface area contributed by atoms with Crippen LogP contribution in [-0.2, 0) is 0 Å². The molecule has 0 saturated heterocycles. The number of H-pyrrole nitrogens is 1. The number of anilines is 1. The van der Waals surface area contributed by atoms with Gasteiger partial charge in [0, 0.05) is 11.7 Å². The number of aromatic nitrogens is 2. The van der Waals surface area contributed by atoms with Crippen molar-refractivity contribution in [3.8, 4) is 11.3 Å². The standard InChI is InChI=1S/C15H21N3/c1-11(2)8-12(3)18-14-6-4-13(5-7-14)15-9-16-10-17-15/h4-7,9-12,18H,8H2,1-3H3,(H,16,17). The number of nitrogens with zero attached hydrogens (tertiary/aromatic N) is 1. The Morgan fingerprint density at radius 2 is 1.89 bits per heavy atom. The molecule has 1 unspecified atom stereocenters. The fraction of sp³-hybridized carbons (Fsp3) is 0.400. The summed E-state index contributed by atoms with van der Waals surface area (Å²) in [6, 6.07) is 8.96. The van der Waals surface area contributed by atoms with Crippen molar-refractivity contribution >= 4 is 5.69 Å². The number of nitrogens with one attached hydrogen (secondary N) is 2. The van der Waals surface area contributed by atoms with Crippen LogP contribution in [0.2, 0.25) is 0 Å². The van der Waals surface area contributed by atoms with Gasteiger partial charge in [-0.15, -0.1) is 0 Å². The summed E-state index contributed by atoms with van der Waals surface area (Å²) in [5.41, 5.74) is 3.39. The van der Waals surface area contributed by atoms with Crippen LogP contribution in [-0.4, -0.2) is 16.0 Å². The molecule has 96 valence electrons. The summed E-state index contributed by atoms with van der Waals surface area (Å²) in [4.78, 5) is 7.14. The van der Waals surface area contributed by atoms with Crippen molar-refractivity contribution in [3.63, 3.8) is 0 Å². The summed E-state index contributed by atoms with van der Waals surface area (Å²) in [5, 5.41) is 3.52. The van der Waals surface area contributed by atoms with E-state index >= 15 is 0 Å². The molecular formula is C15H21N3. The second-order valence-corrected chi connectivity index (χ2v) is 5.22. The van der Waals surface area contributed by atoms with E-state index in [0.29, 0.717) is 6.04 Å². The molecule has 3 nitrogen and oxygen atoms in total. The first-order chi connectivity index (χ1) is 8.65. The zero-order valence-electron chi connectivity index (χ0n) is 11.3. The molecule has 0 radical (unpaired) electrons. The van der Waals surface area contributed by atoms with Crippen molar-refractivity contribution in [2.24, 2.45) is 5.92 Å². The highest BCUT2D eigenvalue weighted by Gasteiger charge is 2.05. The monoisotopic (exact) mass is 243 g/mol. The van der Waals surface area contributed by atoms with Crippen molar-refractivity contribution in [2.45, 2.75) is 33.2 Å². The lowest BCUT2D eigenvalue weighted by Gasteiger charge is -2.17. The van der Waals surface area contributed by atoms with E-state index in [1.165, 1.54) is 12.1 Å². The number of hydrogen-bond acceptors (Lipinski definition) is 2. The average molecular weight is 243 g/mol. The van der Waals surface area contributed by atoms with Crippen molar-refractivity contribution in [1.29, 1.82) is 0 Å². The first-order valence-corrected chi connectivity index (χ1v) is 6.50. The Morgan fingerprint density at radius 3 is 2.44 bits per heavy atom. The number of benzene rings is 1. The van der Waals surface area contributed by atoms with Crippen LogP contribution in [0.25, 0.3) is 11.3 Å². The fourth-order valence-electron chi connectivity index (χ4n) is 2.21. The number of imidazole rings is 1. The molecule has 1 heterocycles. The maximum absolute atomic E-state index is 4.03. The molecular weight excluding hydrogens is 222 g/mol. The molecule has 0 bridgehead atoms. The molecule has 0 aliphatic carbocycles. The highest BCUT2D eigenvalue weighted by Crippen LogP contribution is 2.20. The molecule has 2 aromatic rings. The van der Waals surface area contributed by atoms with Crippen molar-refractivity contribution in [3.05, 3.63) is 36.8 Å². The van der Waals surface area contributed by atoms with E-state index in [9.17, 15) is 0 Å². The lowest BCUT2D eigenvalue weighted by atomic mass is 10.0. The highest BCUT2D eigenvalue weighted by molar-refractivity contribution is 5.62. The van der Waals surface area contributed by atoms with Crippen LogP contribution in [0.5, 0.6) is 0 Å². The number of aromatic amines is 1. The minimum atomic E-state index is 0.503. The largest absolute Gasteiger partial charge is 0.383 e. The Hall–Kier alpha value is -1.77. The summed E-state index contributed by atoms with van der Waals surface area (Å²) in [5.74, 6) is 0.719. The fourth-order valence-corrected chi connectivity index (χ4v) is 2.21. The predicted molar refractivity (Wildman–Crippen MR) is 76.6 cm³/mol. The van der Waals surface area contributed by atoms with Gasteiger partial charge in [0.1, 0.15) is 0 Å². The van der Waals surface area contributed by atoms with E-state index in [-0.39, 0.29) is 0 Å². The summed E-state index contributed by atoms with van der Waals surface area (Å²) in [7, 11) is 0. The van der Waals surface area contributed by atoms with E-state index in [1.54, 1.807) is 6.33 Å². The Bertz CT molecular complexity index is 457. The van der Waals surface area contributed by atoms with E-state index in [0.717, 1.165) is 17.2 Å². The van der Waals surface area contributed by atoms with Gasteiger partial charge in [-0.3, -0.25) is 0 Å². The second kappa shape index (κ2) is 5.71. The average Bonchev–Trinajstić information content (AvgIpc) is 2.82. The van der Waals surface area contributed by atoms with Gasteiger partial charge in [0.25, 0.3) is 0 Å². The third kappa shape index (κ3) is 3.36. The normalized spacial score (nSPS) is 12.7. The molecule has 18 heavy (non-hydrogen) atoms. The molecule has 2 N–H and O–H groups in total. The van der Waals surface area contributed by atoms with Crippen molar-refractivity contribution < 1.29 is 0 Å². The van der Waals surface area contributed by atoms with E-state index in [4.69, 9.17) is 0 Å². The van der Waals surface area contributed by atoms with Gasteiger partial charge in [-0.25, -0.2) is 4.98 Å². The molecule has 0 spiro atoms. The van der Waals surface area contributed by atoms with Crippen LogP contribution in [0.15, 0.2) is 36.8 Å². The van der Waals surface area contributed by atoms with Crippen molar-refractivity contribution in [2.75, 3.05) is 5.32 Å². The van der Waals surface area contributed by atoms with Gasteiger partial charge in [0.2, 0.25) is 0 Å². The van der Waals surface area contributed by atoms with Gasteiger partial charge < -0.3 is 10.3 Å². The summed E-state index contributed by atoms with van der Waals surface area (Å²) >= 11 is 0. The quantitative estimate of drug-likeness (QED) is 0.835. The lowest BCUT2D eigenvalue weighted by Crippen LogP contribution is -2.17. The Morgan fingerprint density at radius 1 is 1.17 bits per heavy atom. The van der Waals surface area contributed by atoms with Gasteiger partial charge in [0.05, 0.1) is 18.2 Å². The molecule has 1 aromatic carbocycles. The molecule has 0 amide bonds. The van der Waals surface area contributed by atoms with Gasteiger partial charge >= 0.3 is 0 Å². The molecule has 1 atom stereocenters. The zero-order valence-corrected chi connectivity index (χ0v) is 11.3. The first-order valence-electron chi connectivity index (χ1n) is 6.50. The first kappa shape index (κ1) is 12.7. The third-order valence-electron chi connectivity index (χ3n) is 2.93. The molecule has 0 saturated carbocycles. The van der Waals surface area contributed by atoms with Gasteiger partial charge in [0.15, 0.2) is 0 Å². The maximum atomic E-state index is 4.03. The SMILES string of the molecule is CC(C)CC(C)Nc1ccc(-c2cnc[nH]2)cc1. The Labute approximate surface area is 109 Å². The molecule has 3 heteroatoms. The Kier molecular flexibility index (Phi) is 4.03. The second-order valence-electron chi connectivity index (χ2n) is 5.22. The van der Waals surface area contributed by atoms with Crippen LogP contribution in [0.1, 0.15) is 27.2 Å². The third-order valence-corrected chi connectivity index (χ3v) is 2.93. The minimum absolute atomic E-state index is 0.503. The van der Waals surface area contributed by atoms with Crippen LogP contribution in [0.4, 0.5) is 5.69 Å². The predicted octanol–water partition coefficient (Wildman–Crippen LogP) is 3.92. The van der Waals surface area contributed by atoms with Crippen LogP contribution >= 0.6 is 0 Å². The summed E-state index contributed by atoms with van der Waals surface area (Å²) in [6.07, 6.45) is 4.72. The molecule has 0 aliphatic heterocycles. The van der Waals surface area contributed by atoms with Crippen molar-refractivity contribution in [1.82, 2.24) is 9.97 Å². The van der Waals surface area contributed by atoms with Gasteiger partial charge in [-0.05, 0) is 37.0 Å². The van der Waals surface area contributed by atoms with Crippen LogP contribution < -0.4 is 5.32 Å². The number of rotatable bonds is 5. The van der Waals surface area contributed by atoms with Gasteiger partial charge in [-0.1, -0.05) is 26.0 Å². The molecule has 1 aromatic heterocycles. The highest BCUT2D eigenvalue weighted by atomic mass is 14.9. The number of hydrogen-bond donors (Lipinski definition) is 2. The summed E-state index contributed by atoms with van der Waals surface area (Å²) < 4.78 is 0. The van der Waals surface area contributed by atoms with E-state index < -0.39 is 0 Å². The molecule has 0 fully saturated rings.